The number of β-lactam (4-membered cyclic amide) rings is 1. The number of aryl methyl sites for hydroxylation is 1. The summed E-state index contributed by atoms with van der Waals surface area (Å²) in [4.78, 5) is 50.1. The summed E-state index contributed by atoms with van der Waals surface area (Å²) >= 11 is 4.19. The Morgan fingerprint density at radius 1 is 1.29 bits per heavy atom. The minimum atomic E-state index is -1.19. The van der Waals surface area contributed by atoms with E-state index in [1.165, 1.54) is 39.8 Å². The molecule has 2 aliphatic rings. The van der Waals surface area contributed by atoms with Gasteiger partial charge < -0.3 is 20.1 Å². The first-order valence-corrected chi connectivity index (χ1v) is 13.6. The third-order valence-corrected chi connectivity index (χ3v) is 8.90. The van der Waals surface area contributed by atoms with Crippen LogP contribution in [0.4, 0.5) is 0 Å². The summed E-state index contributed by atoms with van der Waals surface area (Å²) in [5, 5.41) is 31.6. The molecule has 186 valence electrons. The Morgan fingerprint density at radius 2 is 2.09 bits per heavy atom. The van der Waals surface area contributed by atoms with Gasteiger partial charge in [-0.1, -0.05) is 17.8 Å². The molecule has 4 rings (SSSR count). The average molecular weight is 538 g/mol. The molecule has 2 aromatic heterocycles. The quantitative estimate of drug-likeness (QED) is 0.283. The molecule has 2 aromatic rings. The second kappa shape index (κ2) is 10.8. The smallest absolute Gasteiger partial charge is 0.352 e. The number of aromatic nitrogens is 3. The average Bonchev–Trinajstić information content (AvgIpc) is 3.45. The van der Waals surface area contributed by atoms with Crippen LogP contribution in [0.15, 0.2) is 33.9 Å². The summed E-state index contributed by atoms with van der Waals surface area (Å²) in [6.07, 6.45) is 1.14. The molecule has 1 saturated heterocycles. The molecule has 35 heavy (non-hydrogen) atoms. The molecule has 2 aliphatic heterocycles. The zero-order valence-corrected chi connectivity index (χ0v) is 21.1. The zero-order chi connectivity index (χ0) is 25.1. The van der Waals surface area contributed by atoms with Gasteiger partial charge in [0.05, 0.1) is 6.42 Å². The van der Waals surface area contributed by atoms with Gasteiger partial charge in [-0.15, -0.1) is 33.3 Å². The lowest BCUT2D eigenvalue weighted by Crippen LogP contribution is -2.70. The van der Waals surface area contributed by atoms with Crippen molar-refractivity contribution in [2.24, 2.45) is 7.05 Å². The monoisotopic (exact) mass is 537 g/mol. The molecule has 0 aliphatic carbocycles. The van der Waals surface area contributed by atoms with Gasteiger partial charge in [0.2, 0.25) is 5.91 Å². The third kappa shape index (κ3) is 5.54. The number of hydrogen-bond acceptors (Lipinski definition) is 9. The standard InChI is InChI=1S/C21H23N5O6S3/c1-25-13(5-2-6-15(28)29)23-24-21(25)35-10-11-9-34-19-16(18(30)26(19)17(11)20(31)32)22-14(27)8-12-4-3-7-33-12/h3-4,7,16,19H,2,5-6,8-10H2,1H3,(H,22,27)(H,28,29)(H,31,32)/t16?,19-/m1/s1. The Kier molecular flexibility index (Phi) is 7.82. The number of thiophene rings is 1. The Bertz CT molecular complexity index is 1180. The fourth-order valence-corrected chi connectivity index (χ4v) is 6.95. The van der Waals surface area contributed by atoms with Crippen molar-refractivity contribution in [2.75, 3.05) is 11.5 Å². The molecule has 0 saturated carbocycles. The largest absolute Gasteiger partial charge is 0.481 e. The highest BCUT2D eigenvalue weighted by molar-refractivity contribution is 8.01. The Balaban J connectivity index is 1.39. The molecule has 0 spiro atoms. The minimum absolute atomic E-state index is 0.0427. The number of carboxylic acid groups (broad SMARTS) is 2. The lowest BCUT2D eigenvalue weighted by molar-refractivity contribution is -0.150. The SMILES string of the molecule is Cn1c(CCCC(=O)O)nnc1SCC1=C(C(=O)O)N2C(=O)C(NC(=O)Cc3cccs3)[C@H]2SC1. The lowest BCUT2D eigenvalue weighted by atomic mass is 10.0. The van der Waals surface area contributed by atoms with Crippen LogP contribution in [0.1, 0.15) is 23.5 Å². The van der Waals surface area contributed by atoms with Crippen LogP contribution in [-0.4, -0.2) is 76.6 Å². The van der Waals surface area contributed by atoms with Gasteiger partial charge >= 0.3 is 11.9 Å². The van der Waals surface area contributed by atoms with Crippen LogP contribution >= 0.6 is 34.9 Å². The molecule has 4 heterocycles. The fraction of sp³-hybridized carbons (Fsp3) is 0.429. The highest BCUT2D eigenvalue weighted by Crippen LogP contribution is 2.41. The molecule has 0 aromatic carbocycles. The van der Waals surface area contributed by atoms with Crippen molar-refractivity contribution in [3.05, 3.63) is 39.5 Å². The summed E-state index contributed by atoms with van der Waals surface area (Å²) < 4.78 is 1.76. The van der Waals surface area contributed by atoms with Gasteiger partial charge in [0.15, 0.2) is 5.16 Å². The van der Waals surface area contributed by atoms with Gasteiger partial charge in [0, 0.05) is 36.3 Å². The van der Waals surface area contributed by atoms with Crippen molar-refractivity contribution in [2.45, 2.75) is 42.3 Å². The van der Waals surface area contributed by atoms with Crippen molar-refractivity contribution in [1.29, 1.82) is 0 Å². The summed E-state index contributed by atoms with van der Waals surface area (Å²) in [5.74, 6) is -1.39. The number of carbonyl (C=O) groups is 4. The zero-order valence-electron chi connectivity index (χ0n) is 18.7. The number of rotatable bonds is 11. The van der Waals surface area contributed by atoms with E-state index in [-0.39, 0.29) is 24.4 Å². The van der Waals surface area contributed by atoms with Gasteiger partial charge in [-0.3, -0.25) is 19.3 Å². The van der Waals surface area contributed by atoms with E-state index in [4.69, 9.17) is 5.11 Å². The second-order valence-electron chi connectivity index (χ2n) is 7.96. The molecule has 0 bridgehead atoms. The first-order chi connectivity index (χ1) is 16.8. The molecular weight excluding hydrogens is 514 g/mol. The van der Waals surface area contributed by atoms with Gasteiger partial charge in [-0.05, 0) is 23.4 Å². The number of nitrogens with zero attached hydrogens (tertiary/aromatic N) is 4. The topological polar surface area (TPSA) is 155 Å². The minimum Gasteiger partial charge on any atom is -0.481 e. The van der Waals surface area contributed by atoms with Crippen molar-refractivity contribution in [3.63, 3.8) is 0 Å². The second-order valence-corrected chi connectivity index (χ2v) is 11.0. The molecule has 2 amide bonds. The van der Waals surface area contributed by atoms with Crippen LogP contribution in [-0.2, 0) is 39.1 Å². The molecule has 1 unspecified atom stereocenters. The van der Waals surface area contributed by atoms with Crippen molar-refractivity contribution >= 4 is 58.6 Å². The summed E-state index contributed by atoms with van der Waals surface area (Å²) in [7, 11) is 1.78. The van der Waals surface area contributed by atoms with Crippen molar-refractivity contribution in [3.8, 4) is 0 Å². The number of carbonyl (C=O) groups excluding carboxylic acids is 2. The van der Waals surface area contributed by atoms with Crippen molar-refractivity contribution < 1.29 is 29.4 Å². The number of thioether (sulfide) groups is 2. The first kappa shape index (κ1) is 25.3. The molecule has 14 heteroatoms. The highest BCUT2D eigenvalue weighted by atomic mass is 32.2. The molecule has 1 fully saturated rings. The third-order valence-electron chi connectivity index (χ3n) is 5.57. The van der Waals surface area contributed by atoms with Crippen LogP contribution in [0, 0.1) is 0 Å². The number of aliphatic carboxylic acids is 2. The molecular formula is C21H23N5O6S3. The lowest BCUT2D eigenvalue weighted by Gasteiger charge is -2.49. The number of amides is 2. The number of nitrogens with one attached hydrogen (secondary N) is 1. The molecule has 0 radical (unpaired) electrons. The van der Waals surface area contributed by atoms with E-state index in [1.54, 1.807) is 11.6 Å². The van der Waals surface area contributed by atoms with Crippen LogP contribution in [0.25, 0.3) is 0 Å². The number of carboxylic acids is 2. The van der Waals surface area contributed by atoms with Gasteiger partial charge in [-0.25, -0.2) is 4.79 Å². The van der Waals surface area contributed by atoms with Crippen LogP contribution in [0.3, 0.4) is 0 Å². The fourth-order valence-electron chi connectivity index (χ4n) is 3.83. The summed E-state index contributed by atoms with van der Waals surface area (Å²) in [5.41, 5.74) is 0.551. The van der Waals surface area contributed by atoms with E-state index in [0.717, 1.165) is 4.88 Å². The van der Waals surface area contributed by atoms with E-state index in [9.17, 15) is 24.3 Å². The maximum Gasteiger partial charge on any atom is 0.352 e. The van der Waals surface area contributed by atoms with E-state index in [1.807, 2.05) is 17.5 Å². The van der Waals surface area contributed by atoms with E-state index >= 15 is 0 Å². The Morgan fingerprint density at radius 3 is 2.77 bits per heavy atom. The summed E-state index contributed by atoms with van der Waals surface area (Å²) in [6, 6.07) is 2.95. The predicted molar refractivity (Wildman–Crippen MR) is 130 cm³/mol. The Hall–Kier alpha value is -2.84. The van der Waals surface area contributed by atoms with Gasteiger partial charge in [0.25, 0.3) is 5.91 Å². The first-order valence-electron chi connectivity index (χ1n) is 10.7. The summed E-state index contributed by atoms with van der Waals surface area (Å²) in [6.45, 7) is 0. The molecule has 11 nitrogen and oxygen atoms in total. The number of fused-ring (bicyclic) bond motifs is 1. The van der Waals surface area contributed by atoms with E-state index in [2.05, 4.69) is 15.5 Å². The van der Waals surface area contributed by atoms with Gasteiger partial charge in [-0.2, -0.15) is 0 Å². The van der Waals surface area contributed by atoms with Crippen molar-refractivity contribution in [1.82, 2.24) is 25.0 Å². The predicted octanol–water partition coefficient (Wildman–Crippen LogP) is 1.36. The Labute approximate surface area is 213 Å². The maximum atomic E-state index is 12.8. The molecule has 2 atom stereocenters. The normalized spacial score (nSPS) is 19.3. The van der Waals surface area contributed by atoms with Crippen LogP contribution in [0.5, 0.6) is 0 Å². The van der Waals surface area contributed by atoms with Crippen LogP contribution < -0.4 is 5.32 Å². The van der Waals surface area contributed by atoms with E-state index < -0.39 is 29.3 Å². The number of hydrogen-bond donors (Lipinski definition) is 3. The van der Waals surface area contributed by atoms with Crippen LogP contribution in [0.2, 0.25) is 0 Å². The van der Waals surface area contributed by atoms with Gasteiger partial charge in [0.1, 0.15) is 22.9 Å². The molecule has 3 N–H and O–H groups in total. The maximum absolute atomic E-state index is 12.8. The highest BCUT2D eigenvalue weighted by Gasteiger charge is 2.54. The van der Waals surface area contributed by atoms with E-state index in [0.29, 0.717) is 40.9 Å².